The highest BCUT2D eigenvalue weighted by atomic mass is 16.5. The average molecular weight is 474 g/mol. The minimum Gasteiger partial charge on any atom is -0.490 e. The van der Waals surface area contributed by atoms with Crippen LogP contribution in [0.25, 0.3) is 0 Å². The predicted octanol–water partition coefficient (Wildman–Crippen LogP) is 1.98. The fourth-order valence-electron chi connectivity index (χ4n) is 4.14. The van der Waals surface area contributed by atoms with E-state index in [9.17, 15) is 19.2 Å². The van der Waals surface area contributed by atoms with E-state index in [1.165, 1.54) is 19.1 Å². The Hall–Kier alpha value is -3.56. The van der Waals surface area contributed by atoms with Gasteiger partial charge < -0.3 is 14.2 Å². The van der Waals surface area contributed by atoms with E-state index >= 15 is 0 Å². The first kappa shape index (κ1) is 25.1. The highest BCUT2D eigenvalue weighted by Gasteiger charge is 2.50. The zero-order valence-corrected chi connectivity index (χ0v) is 19.9. The van der Waals surface area contributed by atoms with Gasteiger partial charge in [0.2, 0.25) is 17.6 Å². The molecule has 1 fully saturated rings. The van der Waals surface area contributed by atoms with E-state index in [4.69, 9.17) is 14.2 Å². The van der Waals surface area contributed by atoms with Crippen molar-refractivity contribution in [2.75, 3.05) is 19.8 Å². The lowest BCUT2D eigenvalue weighted by atomic mass is 9.85. The number of allylic oxidation sites excluding steroid dienone is 2. The van der Waals surface area contributed by atoms with Crippen molar-refractivity contribution < 1.29 is 33.4 Å². The summed E-state index contributed by atoms with van der Waals surface area (Å²) >= 11 is 0. The summed E-state index contributed by atoms with van der Waals surface area (Å²) in [4.78, 5) is 51.9. The van der Waals surface area contributed by atoms with E-state index in [1.807, 2.05) is 19.1 Å². The van der Waals surface area contributed by atoms with Crippen LogP contribution in [0.1, 0.15) is 50.9 Å². The molecule has 1 saturated heterocycles. The fraction of sp³-hybridized carbons (Fsp3) is 0.500. The molecule has 0 bridgehead atoms. The molecule has 2 unspecified atom stereocenters. The Bertz CT molecular complexity index is 938. The molecule has 1 aromatic rings. The first-order valence-corrected chi connectivity index (χ1v) is 11.5. The minimum absolute atomic E-state index is 0.175. The number of nitrogens with zero attached hydrogens (tertiary/aromatic N) is 1. The van der Waals surface area contributed by atoms with Crippen LogP contribution in [0.4, 0.5) is 0 Å². The third-order valence-electron chi connectivity index (χ3n) is 5.78. The Morgan fingerprint density at radius 2 is 1.41 bits per heavy atom. The molecular formula is C24H31N3O7. The summed E-state index contributed by atoms with van der Waals surface area (Å²) in [5.74, 6) is -1.81. The lowest BCUT2D eigenvalue weighted by Crippen LogP contribution is -2.53. The first-order valence-electron chi connectivity index (χ1n) is 11.5. The number of hydrogen-bond acceptors (Lipinski definition) is 7. The van der Waals surface area contributed by atoms with Gasteiger partial charge in [0.05, 0.1) is 31.7 Å². The van der Waals surface area contributed by atoms with Gasteiger partial charge in [-0.25, -0.2) is 0 Å². The predicted molar refractivity (Wildman–Crippen MR) is 122 cm³/mol. The molecule has 0 spiro atoms. The number of fused-ring (bicyclic) bond motifs is 1. The van der Waals surface area contributed by atoms with Crippen LogP contribution in [-0.4, -0.2) is 54.4 Å². The van der Waals surface area contributed by atoms with Crippen LogP contribution < -0.4 is 25.1 Å². The normalized spacial score (nSPS) is 19.9. The van der Waals surface area contributed by atoms with Gasteiger partial charge in [-0.1, -0.05) is 12.2 Å². The number of hydrazine groups is 1. The van der Waals surface area contributed by atoms with Crippen molar-refractivity contribution in [2.45, 2.75) is 46.6 Å². The number of rotatable bonds is 9. The molecule has 10 nitrogen and oxygen atoms in total. The Balaban J connectivity index is 1.70. The van der Waals surface area contributed by atoms with E-state index in [2.05, 4.69) is 10.9 Å². The summed E-state index contributed by atoms with van der Waals surface area (Å²) in [6, 6.07) is 1.92. The zero-order valence-electron chi connectivity index (χ0n) is 19.9. The second kappa shape index (κ2) is 11.0. The van der Waals surface area contributed by atoms with Crippen LogP contribution in [0, 0.1) is 11.8 Å². The van der Waals surface area contributed by atoms with Crippen LogP contribution >= 0.6 is 0 Å². The molecule has 1 aliphatic carbocycles. The molecule has 0 aromatic heterocycles. The maximum absolute atomic E-state index is 12.8. The topological polar surface area (TPSA) is 123 Å². The largest absolute Gasteiger partial charge is 0.490 e. The molecule has 0 saturated carbocycles. The molecule has 1 aromatic carbocycles. The van der Waals surface area contributed by atoms with Crippen molar-refractivity contribution in [1.29, 1.82) is 0 Å². The Morgan fingerprint density at radius 1 is 0.912 bits per heavy atom. The summed E-state index contributed by atoms with van der Waals surface area (Å²) in [6.45, 7) is 7.96. The molecule has 10 heteroatoms. The van der Waals surface area contributed by atoms with Crippen LogP contribution in [0.2, 0.25) is 0 Å². The molecule has 34 heavy (non-hydrogen) atoms. The SMILES string of the molecule is CCOc1cc(C(=O)NNC(=O)[C@H](C)N2C(=O)C3CC=CCC3C2=O)cc(OCC)c1OCC. The number of imide groups is 1. The molecule has 3 atom stereocenters. The highest BCUT2D eigenvalue weighted by Crippen LogP contribution is 2.39. The van der Waals surface area contributed by atoms with Gasteiger partial charge in [-0.2, -0.15) is 0 Å². The van der Waals surface area contributed by atoms with Gasteiger partial charge in [0.25, 0.3) is 11.8 Å². The smallest absolute Gasteiger partial charge is 0.269 e. The van der Waals surface area contributed by atoms with Crippen LogP contribution in [-0.2, 0) is 14.4 Å². The molecule has 1 aliphatic heterocycles. The maximum atomic E-state index is 12.8. The number of likely N-dealkylation sites (tertiary alicyclic amines) is 1. The van der Waals surface area contributed by atoms with E-state index in [0.717, 1.165) is 4.90 Å². The second-order valence-corrected chi connectivity index (χ2v) is 7.92. The van der Waals surface area contributed by atoms with Gasteiger partial charge in [0.15, 0.2) is 11.5 Å². The van der Waals surface area contributed by atoms with Crippen LogP contribution in [0.15, 0.2) is 24.3 Å². The molecule has 184 valence electrons. The van der Waals surface area contributed by atoms with Crippen molar-refractivity contribution >= 4 is 23.6 Å². The molecule has 2 aliphatic rings. The average Bonchev–Trinajstić information content (AvgIpc) is 3.09. The summed E-state index contributed by atoms with van der Waals surface area (Å²) < 4.78 is 16.8. The summed E-state index contributed by atoms with van der Waals surface area (Å²) in [5, 5.41) is 0. The van der Waals surface area contributed by atoms with Crippen molar-refractivity contribution in [3.05, 3.63) is 29.8 Å². The highest BCUT2D eigenvalue weighted by molar-refractivity contribution is 6.08. The molecule has 0 radical (unpaired) electrons. The van der Waals surface area contributed by atoms with Gasteiger partial charge >= 0.3 is 0 Å². The monoisotopic (exact) mass is 473 g/mol. The van der Waals surface area contributed by atoms with Gasteiger partial charge in [-0.05, 0) is 52.7 Å². The fourth-order valence-corrected chi connectivity index (χ4v) is 4.14. The molecular weight excluding hydrogens is 442 g/mol. The van der Waals surface area contributed by atoms with Crippen LogP contribution in [0.5, 0.6) is 17.2 Å². The number of carbonyl (C=O) groups is 4. The Labute approximate surface area is 198 Å². The van der Waals surface area contributed by atoms with E-state index in [0.29, 0.717) is 49.9 Å². The number of carbonyl (C=O) groups excluding carboxylic acids is 4. The molecule has 2 N–H and O–H groups in total. The third kappa shape index (κ3) is 5.00. The summed E-state index contributed by atoms with van der Waals surface area (Å²) in [5.41, 5.74) is 4.82. The van der Waals surface area contributed by atoms with E-state index in [1.54, 1.807) is 13.8 Å². The Kier molecular flexibility index (Phi) is 8.14. The lowest BCUT2D eigenvalue weighted by molar-refractivity contribution is -0.147. The standard InChI is InChI=1S/C24H31N3O7/c1-5-32-18-12-15(13-19(33-6-2)20(18)34-7-3)22(29)26-25-21(28)14(4)27-23(30)16-10-8-9-11-17(16)24(27)31/h8-9,12-14,16-17H,5-7,10-11H2,1-4H3,(H,25,28)(H,26,29)/t14-,16?,17?/m0/s1. The van der Waals surface area contributed by atoms with Crippen molar-refractivity contribution in [3.63, 3.8) is 0 Å². The molecule has 1 heterocycles. The van der Waals surface area contributed by atoms with Crippen molar-refractivity contribution in [3.8, 4) is 17.2 Å². The quantitative estimate of drug-likeness (QED) is 0.319. The van der Waals surface area contributed by atoms with Gasteiger partial charge in [0, 0.05) is 5.56 Å². The molecule has 4 amide bonds. The number of nitrogens with one attached hydrogen (secondary N) is 2. The number of ether oxygens (including phenoxy) is 3. The van der Waals surface area contributed by atoms with E-state index in [-0.39, 0.29) is 17.4 Å². The number of hydrogen-bond donors (Lipinski definition) is 2. The van der Waals surface area contributed by atoms with Crippen molar-refractivity contribution in [2.24, 2.45) is 11.8 Å². The van der Waals surface area contributed by atoms with Crippen LogP contribution in [0.3, 0.4) is 0 Å². The van der Waals surface area contributed by atoms with Gasteiger partial charge in [-0.15, -0.1) is 0 Å². The summed E-state index contributed by atoms with van der Waals surface area (Å²) in [6.07, 6.45) is 4.73. The second-order valence-electron chi connectivity index (χ2n) is 7.92. The molecule has 3 rings (SSSR count). The minimum atomic E-state index is -1.07. The van der Waals surface area contributed by atoms with Gasteiger partial charge in [-0.3, -0.25) is 34.9 Å². The maximum Gasteiger partial charge on any atom is 0.269 e. The zero-order chi connectivity index (χ0) is 24.8. The van der Waals surface area contributed by atoms with E-state index < -0.39 is 29.7 Å². The lowest BCUT2D eigenvalue weighted by Gasteiger charge is -2.22. The Morgan fingerprint density at radius 3 is 1.88 bits per heavy atom. The summed E-state index contributed by atoms with van der Waals surface area (Å²) in [7, 11) is 0. The number of amides is 4. The number of benzene rings is 1. The first-order chi connectivity index (χ1) is 16.3. The van der Waals surface area contributed by atoms with Crippen molar-refractivity contribution in [1.82, 2.24) is 15.8 Å². The third-order valence-corrected chi connectivity index (χ3v) is 5.78. The van der Waals surface area contributed by atoms with Gasteiger partial charge in [0.1, 0.15) is 6.04 Å².